The van der Waals surface area contributed by atoms with E-state index >= 15 is 0 Å². The summed E-state index contributed by atoms with van der Waals surface area (Å²) in [6.45, 7) is 4.84. The largest absolute Gasteiger partial charge is 0.481 e. The van der Waals surface area contributed by atoms with Gasteiger partial charge in [-0.2, -0.15) is 0 Å². The van der Waals surface area contributed by atoms with Gasteiger partial charge in [-0.1, -0.05) is 13.8 Å². The average Bonchev–Trinajstić information content (AvgIpc) is 2.62. The van der Waals surface area contributed by atoms with Crippen LogP contribution in [-0.2, 0) is 28.8 Å². The quantitative estimate of drug-likeness (QED) is 0.159. The Kier molecular flexibility index (Phi) is 11.8. The van der Waals surface area contributed by atoms with Gasteiger partial charge in [0.05, 0.1) is 12.5 Å². The van der Waals surface area contributed by atoms with Gasteiger partial charge in [-0.3, -0.25) is 24.0 Å². The molecule has 13 nitrogen and oxygen atoms in total. The molecule has 0 rings (SSSR count). The van der Waals surface area contributed by atoms with Crippen molar-refractivity contribution in [2.45, 2.75) is 70.6 Å². The maximum absolute atomic E-state index is 12.5. The minimum atomic E-state index is -1.47. The van der Waals surface area contributed by atoms with Crippen LogP contribution in [-0.4, -0.2) is 75.1 Å². The molecule has 0 aromatic carbocycles. The Labute approximate surface area is 178 Å². The van der Waals surface area contributed by atoms with Crippen LogP contribution < -0.4 is 21.7 Å². The van der Waals surface area contributed by atoms with Crippen LogP contribution in [0.3, 0.4) is 0 Å². The first-order valence-corrected chi connectivity index (χ1v) is 9.57. The Morgan fingerprint density at radius 1 is 0.774 bits per heavy atom. The zero-order valence-electron chi connectivity index (χ0n) is 17.6. The highest BCUT2D eigenvalue weighted by Crippen LogP contribution is 2.06. The number of hydrogen-bond acceptors (Lipinski definition) is 7. The van der Waals surface area contributed by atoms with E-state index in [0.717, 1.165) is 0 Å². The minimum Gasteiger partial charge on any atom is -0.481 e. The fourth-order valence-corrected chi connectivity index (χ4v) is 2.47. The van der Waals surface area contributed by atoms with Crippen molar-refractivity contribution in [1.82, 2.24) is 16.0 Å². The number of carbonyl (C=O) groups is 6. The number of amides is 3. The Morgan fingerprint density at radius 3 is 1.77 bits per heavy atom. The van der Waals surface area contributed by atoms with Crippen LogP contribution in [0.1, 0.15) is 46.5 Å². The molecule has 0 aliphatic heterocycles. The lowest BCUT2D eigenvalue weighted by Gasteiger charge is -2.23. The average molecular weight is 446 g/mol. The lowest BCUT2D eigenvalue weighted by atomic mass is 10.0. The van der Waals surface area contributed by atoms with Crippen LogP contribution in [0.15, 0.2) is 0 Å². The summed E-state index contributed by atoms with van der Waals surface area (Å²) in [4.78, 5) is 69.5. The Hall–Kier alpha value is -3.22. The number of carbonyl (C=O) groups excluding carboxylic acids is 3. The predicted octanol–water partition coefficient (Wildman–Crippen LogP) is -1.74. The molecule has 8 N–H and O–H groups in total. The second-order valence-electron chi connectivity index (χ2n) is 7.46. The van der Waals surface area contributed by atoms with E-state index < -0.39 is 72.6 Å². The minimum absolute atomic E-state index is 0.0167. The molecule has 0 bridgehead atoms. The van der Waals surface area contributed by atoms with E-state index in [-0.39, 0.29) is 18.8 Å². The lowest BCUT2D eigenvalue weighted by molar-refractivity contribution is -0.142. The molecule has 0 saturated heterocycles. The highest BCUT2D eigenvalue weighted by atomic mass is 16.4. The van der Waals surface area contributed by atoms with Gasteiger partial charge in [0, 0.05) is 6.42 Å². The molecule has 0 aromatic heterocycles. The Morgan fingerprint density at radius 2 is 1.32 bits per heavy atom. The van der Waals surface area contributed by atoms with Crippen LogP contribution in [0.2, 0.25) is 0 Å². The van der Waals surface area contributed by atoms with Gasteiger partial charge < -0.3 is 37.0 Å². The van der Waals surface area contributed by atoms with E-state index in [1.807, 2.05) is 0 Å². The molecule has 31 heavy (non-hydrogen) atoms. The van der Waals surface area contributed by atoms with Gasteiger partial charge in [-0.25, -0.2) is 4.79 Å². The first-order chi connectivity index (χ1) is 14.2. The third-order valence-electron chi connectivity index (χ3n) is 4.08. The molecule has 3 amide bonds. The van der Waals surface area contributed by atoms with Crippen molar-refractivity contribution < 1.29 is 44.1 Å². The molecule has 0 radical (unpaired) electrons. The van der Waals surface area contributed by atoms with Crippen LogP contribution >= 0.6 is 0 Å². The highest BCUT2D eigenvalue weighted by molar-refractivity contribution is 5.94. The van der Waals surface area contributed by atoms with E-state index in [1.54, 1.807) is 13.8 Å². The first-order valence-electron chi connectivity index (χ1n) is 9.57. The number of rotatable bonds is 14. The predicted molar refractivity (Wildman–Crippen MR) is 106 cm³/mol. The van der Waals surface area contributed by atoms with Gasteiger partial charge in [0.2, 0.25) is 17.7 Å². The van der Waals surface area contributed by atoms with Gasteiger partial charge in [0.15, 0.2) is 0 Å². The summed E-state index contributed by atoms with van der Waals surface area (Å²) >= 11 is 0. The van der Waals surface area contributed by atoms with E-state index in [2.05, 4.69) is 16.0 Å². The fourth-order valence-electron chi connectivity index (χ4n) is 2.47. The normalized spacial score (nSPS) is 14.6. The molecule has 13 heteroatoms. The lowest BCUT2D eigenvalue weighted by Crippen LogP contribution is -2.56. The number of aliphatic carboxylic acids is 3. The number of hydrogen-bond donors (Lipinski definition) is 7. The summed E-state index contributed by atoms with van der Waals surface area (Å²) in [5.74, 6) is -6.51. The van der Waals surface area contributed by atoms with Crippen LogP contribution in [0.4, 0.5) is 0 Å². The SMILES string of the molecule is CC(C)CC(NC(=O)C(C)NC(=O)C(CCC(=O)O)NC(=O)C(N)CC(=O)O)C(=O)O. The maximum Gasteiger partial charge on any atom is 0.326 e. The fraction of sp³-hybridized carbons (Fsp3) is 0.667. The van der Waals surface area contributed by atoms with Gasteiger partial charge in [-0.05, 0) is 25.7 Å². The molecule has 0 spiro atoms. The van der Waals surface area contributed by atoms with E-state index in [9.17, 15) is 33.9 Å². The molecule has 176 valence electrons. The Bertz CT molecular complexity index is 696. The summed E-state index contributed by atoms with van der Waals surface area (Å²) < 4.78 is 0. The maximum atomic E-state index is 12.5. The standard InChI is InChI=1S/C18H30N4O9/c1-8(2)6-12(18(30)31)22-15(27)9(3)20-17(29)11(4-5-13(23)24)21-16(28)10(19)7-14(25)26/h8-12H,4-7,19H2,1-3H3,(H,20,29)(H,21,28)(H,22,27)(H,23,24)(H,25,26)(H,30,31). The molecule has 4 unspecified atom stereocenters. The van der Waals surface area contributed by atoms with Gasteiger partial charge in [0.1, 0.15) is 18.1 Å². The number of carboxylic acid groups (broad SMARTS) is 3. The third kappa shape index (κ3) is 11.5. The van der Waals surface area contributed by atoms with Crippen LogP contribution in [0, 0.1) is 5.92 Å². The topological polar surface area (TPSA) is 225 Å². The van der Waals surface area contributed by atoms with Crippen LogP contribution in [0.5, 0.6) is 0 Å². The molecular formula is C18H30N4O9. The van der Waals surface area contributed by atoms with Crippen molar-refractivity contribution in [2.75, 3.05) is 0 Å². The molecule has 0 aromatic rings. The second kappa shape index (κ2) is 13.2. The van der Waals surface area contributed by atoms with E-state index in [4.69, 9.17) is 15.9 Å². The van der Waals surface area contributed by atoms with Crippen molar-refractivity contribution in [3.63, 3.8) is 0 Å². The summed E-state index contributed by atoms with van der Waals surface area (Å²) in [5.41, 5.74) is 5.43. The number of nitrogens with two attached hydrogens (primary N) is 1. The molecule has 4 atom stereocenters. The Balaban J connectivity index is 5.14. The van der Waals surface area contributed by atoms with E-state index in [0.29, 0.717) is 0 Å². The van der Waals surface area contributed by atoms with Crippen molar-refractivity contribution in [1.29, 1.82) is 0 Å². The van der Waals surface area contributed by atoms with Crippen molar-refractivity contribution >= 4 is 35.6 Å². The smallest absolute Gasteiger partial charge is 0.326 e. The van der Waals surface area contributed by atoms with Crippen molar-refractivity contribution in [2.24, 2.45) is 11.7 Å². The van der Waals surface area contributed by atoms with Gasteiger partial charge in [0.25, 0.3) is 0 Å². The van der Waals surface area contributed by atoms with E-state index in [1.165, 1.54) is 6.92 Å². The van der Waals surface area contributed by atoms with Crippen molar-refractivity contribution in [3.05, 3.63) is 0 Å². The zero-order chi connectivity index (χ0) is 24.3. The van der Waals surface area contributed by atoms with Gasteiger partial charge >= 0.3 is 17.9 Å². The summed E-state index contributed by atoms with van der Waals surface area (Å²) in [6.07, 6.45) is -1.38. The number of carboxylic acids is 3. The molecule has 0 aliphatic rings. The molecular weight excluding hydrogens is 416 g/mol. The monoisotopic (exact) mass is 446 g/mol. The first kappa shape index (κ1) is 27.8. The zero-order valence-corrected chi connectivity index (χ0v) is 17.6. The molecule has 0 saturated carbocycles. The number of nitrogens with one attached hydrogen (secondary N) is 3. The third-order valence-corrected chi connectivity index (χ3v) is 4.08. The van der Waals surface area contributed by atoms with Crippen molar-refractivity contribution in [3.8, 4) is 0 Å². The second-order valence-corrected chi connectivity index (χ2v) is 7.46. The molecule has 0 heterocycles. The summed E-state index contributed by atoms with van der Waals surface area (Å²) in [5, 5.41) is 33.5. The summed E-state index contributed by atoms with van der Waals surface area (Å²) in [7, 11) is 0. The van der Waals surface area contributed by atoms with Gasteiger partial charge in [-0.15, -0.1) is 0 Å². The molecule has 0 aliphatic carbocycles. The highest BCUT2D eigenvalue weighted by Gasteiger charge is 2.29. The summed E-state index contributed by atoms with van der Waals surface area (Å²) in [6, 6.07) is -5.22. The van der Waals surface area contributed by atoms with Crippen LogP contribution in [0.25, 0.3) is 0 Å². The molecule has 0 fully saturated rings.